The van der Waals surface area contributed by atoms with Gasteiger partial charge in [-0.1, -0.05) is 84.1 Å². The summed E-state index contributed by atoms with van der Waals surface area (Å²) in [5, 5.41) is 7.79. The van der Waals surface area contributed by atoms with Crippen LogP contribution in [0.1, 0.15) is 16.1 Å². The van der Waals surface area contributed by atoms with Crippen LogP contribution in [0.15, 0.2) is 91.1 Å². The molecule has 4 rings (SSSR count). The maximum Gasteiger partial charge on any atom is 0.291 e. The van der Waals surface area contributed by atoms with Gasteiger partial charge in [-0.3, -0.25) is 20.4 Å². The molecule has 0 radical (unpaired) electrons. The van der Waals surface area contributed by atoms with E-state index in [-0.39, 0.29) is 12.3 Å². The molecule has 3 aromatic carbocycles. The van der Waals surface area contributed by atoms with Crippen molar-refractivity contribution in [3.63, 3.8) is 0 Å². The summed E-state index contributed by atoms with van der Waals surface area (Å²) in [5.41, 5.74) is 7.64. The van der Waals surface area contributed by atoms with Crippen molar-refractivity contribution < 1.29 is 14.3 Å². The molecule has 8 nitrogen and oxygen atoms in total. The first kappa shape index (κ1) is 20.8. The van der Waals surface area contributed by atoms with E-state index in [0.29, 0.717) is 12.3 Å². The minimum absolute atomic E-state index is 0.0940. The molecule has 32 heavy (non-hydrogen) atoms. The van der Waals surface area contributed by atoms with E-state index in [4.69, 9.17) is 4.74 Å². The van der Waals surface area contributed by atoms with Gasteiger partial charge in [-0.2, -0.15) is 0 Å². The first-order valence-electron chi connectivity index (χ1n) is 9.99. The molecule has 0 unspecified atom stereocenters. The van der Waals surface area contributed by atoms with E-state index in [1.54, 1.807) is 10.7 Å². The van der Waals surface area contributed by atoms with Crippen molar-refractivity contribution in [2.24, 2.45) is 0 Å². The molecule has 0 saturated heterocycles. The molecule has 4 aromatic rings. The lowest BCUT2D eigenvalue weighted by Gasteiger charge is -2.12. The van der Waals surface area contributed by atoms with Crippen LogP contribution in [0.5, 0.6) is 5.75 Å². The van der Waals surface area contributed by atoms with Gasteiger partial charge in [0.25, 0.3) is 11.8 Å². The smallest absolute Gasteiger partial charge is 0.291 e. The van der Waals surface area contributed by atoms with Crippen molar-refractivity contribution in [2.75, 3.05) is 6.61 Å². The molecule has 0 bridgehead atoms. The van der Waals surface area contributed by atoms with Crippen molar-refractivity contribution in [1.29, 1.82) is 0 Å². The zero-order valence-corrected chi connectivity index (χ0v) is 17.1. The largest absolute Gasteiger partial charge is 0.483 e. The van der Waals surface area contributed by atoms with Gasteiger partial charge in [0.1, 0.15) is 5.75 Å². The average molecular weight is 427 g/mol. The van der Waals surface area contributed by atoms with Crippen molar-refractivity contribution >= 4 is 11.8 Å². The lowest BCUT2D eigenvalue weighted by molar-refractivity contribution is -0.123. The lowest BCUT2D eigenvalue weighted by Crippen LogP contribution is -2.44. The number of ether oxygens (including phenoxy) is 1. The standard InChI is InChI=1S/C24H21N5O3/c30-23(17-32-22-14-8-7-13-20(22)19-11-5-2-6-12-19)26-27-24(31)21-16-29(28-25-21)15-18-9-3-1-4-10-18/h1-14,16H,15,17H2,(H,26,30)(H,27,31). The monoisotopic (exact) mass is 427 g/mol. The van der Waals surface area contributed by atoms with E-state index in [9.17, 15) is 9.59 Å². The third-order valence-electron chi connectivity index (χ3n) is 4.60. The number of hydrogen-bond donors (Lipinski definition) is 2. The first-order chi connectivity index (χ1) is 15.7. The minimum atomic E-state index is -0.567. The molecule has 0 aliphatic carbocycles. The average Bonchev–Trinajstić information content (AvgIpc) is 3.31. The Labute approximate surface area is 184 Å². The summed E-state index contributed by atoms with van der Waals surface area (Å²) < 4.78 is 7.22. The Morgan fingerprint density at radius 2 is 1.53 bits per heavy atom. The molecule has 0 aliphatic heterocycles. The molecule has 0 atom stereocenters. The van der Waals surface area contributed by atoms with Gasteiger partial charge in [-0.15, -0.1) is 5.10 Å². The maximum absolute atomic E-state index is 12.2. The first-order valence-corrected chi connectivity index (χ1v) is 9.99. The second-order valence-electron chi connectivity index (χ2n) is 6.94. The van der Waals surface area contributed by atoms with Crippen LogP contribution >= 0.6 is 0 Å². The van der Waals surface area contributed by atoms with E-state index in [1.807, 2.05) is 78.9 Å². The van der Waals surface area contributed by atoms with E-state index in [0.717, 1.165) is 16.7 Å². The number of nitrogens with one attached hydrogen (secondary N) is 2. The summed E-state index contributed by atoms with van der Waals surface area (Å²) in [4.78, 5) is 24.4. The van der Waals surface area contributed by atoms with Crippen LogP contribution in [-0.4, -0.2) is 33.4 Å². The van der Waals surface area contributed by atoms with Gasteiger partial charge in [-0.05, 0) is 17.2 Å². The summed E-state index contributed by atoms with van der Waals surface area (Å²) in [7, 11) is 0. The van der Waals surface area contributed by atoms with Crippen LogP contribution in [0.25, 0.3) is 11.1 Å². The Morgan fingerprint density at radius 1 is 0.844 bits per heavy atom. The van der Waals surface area contributed by atoms with E-state index >= 15 is 0 Å². The van der Waals surface area contributed by atoms with E-state index in [2.05, 4.69) is 21.2 Å². The summed E-state index contributed by atoms with van der Waals surface area (Å²) in [5.74, 6) is -0.496. The number of carbonyl (C=O) groups excluding carboxylic acids is 2. The summed E-state index contributed by atoms with van der Waals surface area (Å²) in [6.07, 6.45) is 1.51. The highest BCUT2D eigenvalue weighted by Gasteiger charge is 2.13. The highest BCUT2D eigenvalue weighted by atomic mass is 16.5. The lowest BCUT2D eigenvalue weighted by atomic mass is 10.1. The summed E-state index contributed by atoms with van der Waals surface area (Å²) in [6, 6.07) is 26.9. The number of carbonyl (C=O) groups is 2. The van der Waals surface area contributed by atoms with Crippen LogP contribution in [0.2, 0.25) is 0 Å². The number of hydrogen-bond acceptors (Lipinski definition) is 5. The maximum atomic E-state index is 12.2. The molecule has 160 valence electrons. The summed E-state index contributed by atoms with van der Waals surface area (Å²) >= 11 is 0. The number of benzene rings is 3. The zero-order valence-electron chi connectivity index (χ0n) is 17.1. The quantitative estimate of drug-likeness (QED) is 0.442. The predicted molar refractivity (Wildman–Crippen MR) is 119 cm³/mol. The second kappa shape index (κ2) is 10.0. The number of rotatable bonds is 7. The van der Waals surface area contributed by atoms with Crippen molar-refractivity contribution in [3.05, 3.63) is 102 Å². The number of amides is 2. The molecule has 0 fully saturated rings. The summed E-state index contributed by atoms with van der Waals surface area (Å²) in [6.45, 7) is 0.229. The van der Waals surface area contributed by atoms with Crippen LogP contribution < -0.4 is 15.6 Å². The van der Waals surface area contributed by atoms with Crippen molar-refractivity contribution in [3.8, 4) is 16.9 Å². The third-order valence-corrected chi connectivity index (χ3v) is 4.60. The fraction of sp³-hybridized carbons (Fsp3) is 0.0833. The van der Waals surface area contributed by atoms with Crippen molar-refractivity contribution in [1.82, 2.24) is 25.8 Å². The van der Waals surface area contributed by atoms with Crippen molar-refractivity contribution in [2.45, 2.75) is 6.54 Å². The topological polar surface area (TPSA) is 98.1 Å². The highest BCUT2D eigenvalue weighted by Crippen LogP contribution is 2.29. The van der Waals surface area contributed by atoms with Gasteiger partial charge in [0.2, 0.25) is 0 Å². The normalized spacial score (nSPS) is 10.4. The van der Waals surface area contributed by atoms with Gasteiger partial charge >= 0.3 is 0 Å². The Bertz CT molecular complexity index is 1190. The van der Waals surface area contributed by atoms with Crippen LogP contribution in [-0.2, 0) is 11.3 Å². The van der Waals surface area contributed by atoms with Gasteiger partial charge in [0.15, 0.2) is 12.3 Å². The molecule has 0 saturated carbocycles. The number of para-hydroxylation sites is 1. The number of hydrazine groups is 1. The van der Waals surface area contributed by atoms with Crippen LogP contribution in [0, 0.1) is 0 Å². The number of aromatic nitrogens is 3. The molecule has 1 aromatic heterocycles. The van der Waals surface area contributed by atoms with Gasteiger partial charge in [0, 0.05) is 5.56 Å². The molecule has 0 aliphatic rings. The Balaban J connectivity index is 1.28. The predicted octanol–water partition coefficient (Wildman–Crippen LogP) is 2.83. The Hall–Kier alpha value is -4.46. The Morgan fingerprint density at radius 3 is 2.31 bits per heavy atom. The van der Waals surface area contributed by atoms with E-state index < -0.39 is 11.8 Å². The number of nitrogens with zero attached hydrogens (tertiary/aromatic N) is 3. The highest BCUT2D eigenvalue weighted by molar-refractivity contribution is 5.93. The molecular formula is C24H21N5O3. The molecule has 8 heteroatoms. The third kappa shape index (κ3) is 5.37. The van der Waals surface area contributed by atoms with E-state index in [1.165, 1.54) is 6.20 Å². The fourth-order valence-corrected chi connectivity index (χ4v) is 3.07. The molecule has 2 amide bonds. The second-order valence-corrected chi connectivity index (χ2v) is 6.94. The SMILES string of the molecule is O=C(COc1ccccc1-c1ccccc1)NNC(=O)c1cn(Cc2ccccc2)nn1. The Kier molecular flexibility index (Phi) is 6.52. The molecule has 2 N–H and O–H groups in total. The molecule has 0 spiro atoms. The van der Waals surface area contributed by atoms with Crippen LogP contribution in [0.3, 0.4) is 0 Å². The van der Waals surface area contributed by atoms with Gasteiger partial charge < -0.3 is 4.74 Å². The molecule has 1 heterocycles. The molecular weight excluding hydrogens is 406 g/mol. The zero-order chi connectivity index (χ0) is 22.2. The minimum Gasteiger partial charge on any atom is -0.483 e. The van der Waals surface area contributed by atoms with Crippen LogP contribution in [0.4, 0.5) is 0 Å². The fourth-order valence-electron chi connectivity index (χ4n) is 3.07. The van der Waals surface area contributed by atoms with Gasteiger partial charge in [0.05, 0.1) is 12.7 Å². The van der Waals surface area contributed by atoms with Gasteiger partial charge in [-0.25, -0.2) is 4.68 Å².